The van der Waals surface area contributed by atoms with Gasteiger partial charge in [-0.3, -0.25) is 10.1 Å². The van der Waals surface area contributed by atoms with Crippen molar-refractivity contribution in [2.75, 3.05) is 0 Å². The van der Waals surface area contributed by atoms with Gasteiger partial charge < -0.3 is 4.52 Å². The summed E-state index contributed by atoms with van der Waals surface area (Å²) in [6.07, 6.45) is 6.55. The molecule has 1 rings (SSSR count). The van der Waals surface area contributed by atoms with E-state index in [4.69, 9.17) is 4.52 Å². The smallest absolute Gasteiger partial charge is 0.338 e. The van der Waals surface area contributed by atoms with Gasteiger partial charge in [0.05, 0.1) is 4.92 Å². The number of aromatic nitrogens is 1. The van der Waals surface area contributed by atoms with Gasteiger partial charge >= 0.3 is 5.69 Å². The highest BCUT2D eigenvalue weighted by atomic mass is 16.6. The fourth-order valence-electron chi connectivity index (χ4n) is 1.23. The molecule has 0 saturated carbocycles. The molecular formula is C10H14N2O3. The van der Waals surface area contributed by atoms with Crippen molar-refractivity contribution < 1.29 is 9.45 Å². The summed E-state index contributed by atoms with van der Waals surface area (Å²) < 4.78 is 4.86. The number of allylic oxidation sites excluding steroid dienone is 1. The zero-order chi connectivity index (χ0) is 11.3. The van der Waals surface area contributed by atoms with E-state index < -0.39 is 4.92 Å². The summed E-state index contributed by atoms with van der Waals surface area (Å²) in [5, 5.41) is 14.2. The zero-order valence-corrected chi connectivity index (χ0v) is 8.90. The van der Waals surface area contributed by atoms with Crippen molar-refractivity contribution in [3.8, 4) is 0 Å². The Morgan fingerprint density at radius 3 is 2.93 bits per heavy atom. The number of nitro groups is 1. The van der Waals surface area contributed by atoms with Gasteiger partial charge in [0.1, 0.15) is 0 Å². The third kappa shape index (κ3) is 2.90. The van der Waals surface area contributed by atoms with E-state index in [0.29, 0.717) is 5.69 Å². The monoisotopic (exact) mass is 210 g/mol. The average molecular weight is 210 g/mol. The lowest BCUT2D eigenvalue weighted by Crippen LogP contribution is -1.90. The summed E-state index contributed by atoms with van der Waals surface area (Å²) in [6, 6.07) is 0. The molecule has 0 aromatic carbocycles. The molecule has 0 aliphatic heterocycles. The van der Waals surface area contributed by atoms with Gasteiger partial charge in [0.2, 0.25) is 5.76 Å². The van der Waals surface area contributed by atoms with Crippen LogP contribution in [0, 0.1) is 17.0 Å². The van der Waals surface area contributed by atoms with Gasteiger partial charge in [-0.15, -0.1) is 0 Å². The molecule has 15 heavy (non-hydrogen) atoms. The molecule has 0 N–H and O–H groups in total. The van der Waals surface area contributed by atoms with E-state index in [1.807, 2.05) is 6.08 Å². The summed E-state index contributed by atoms with van der Waals surface area (Å²) in [7, 11) is 0. The molecule has 0 unspecified atom stereocenters. The molecule has 0 radical (unpaired) electrons. The molecule has 0 aliphatic carbocycles. The Morgan fingerprint density at radius 2 is 2.33 bits per heavy atom. The van der Waals surface area contributed by atoms with Crippen molar-refractivity contribution in [1.29, 1.82) is 0 Å². The van der Waals surface area contributed by atoms with Crippen LogP contribution in [-0.2, 0) is 0 Å². The van der Waals surface area contributed by atoms with Gasteiger partial charge in [-0.25, -0.2) is 0 Å². The van der Waals surface area contributed by atoms with Crippen LogP contribution in [0.2, 0.25) is 0 Å². The largest absolute Gasteiger partial charge is 0.349 e. The fraction of sp³-hybridized carbons (Fsp3) is 0.500. The first kappa shape index (κ1) is 11.4. The molecule has 0 atom stereocenters. The highest BCUT2D eigenvalue weighted by Gasteiger charge is 2.21. The maximum absolute atomic E-state index is 10.7. The molecule has 0 amide bonds. The summed E-state index contributed by atoms with van der Waals surface area (Å²) in [4.78, 5) is 10.2. The highest BCUT2D eigenvalue weighted by Crippen LogP contribution is 2.23. The lowest BCUT2D eigenvalue weighted by molar-refractivity contribution is -0.386. The molecule has 82 valence electrons. The molecule has 5 heteroatoms. The Hall–Kier alpha value is -1.65. The fourth-order valence-corrected chi connectivity index (χ4v) is 1.23. The number of hydrogen-bond donors (Lipinski definition) is 0. The van der Waals surface area contributed by atoms with E-state index in [1.54, 1.807) is 13.0 Å². The van der Waals surface area contributed by atoms with Gasteiger partial charge in [-0.05, 0) is 19.4 Å². The number of aryl methyl sites for hydroxylation is 1. The molecule has 0 fully saturated rings. The van der Waals surface area contributed by atoms with E-state index in [-0.39, 0.29) is 11.4 Å². The van der Waals surface area contributed by atoms with E-state index in [1.165, 1.54) is 0 Å². The molecule has 0 saturated heterocycles. The summed E-state index contributed by atoms with van der Waals surface area (Å²) >= 11 is 0. The lowest BCUT2D eigenvalue weighted by atomic mass is 10.2. The van der Waals surface area contributed by atoms with Gasteiger partial charge in [-0.1, -0.05) is 31.0 Å². The molecule has 0 aliphatic rings. The third-order valence-electron chi connectivity index (χ3n) is 2.03. The Bertz CT molecular complexity index is 369. The van der Waals surface area contributed by atoms with Crippen LogP contribution in [0.3, 0.4) is 0 Å². The second kappa shape index (κ2) is 5.29. The number of nitrogens with zero attached hydrogens (tertiary/aromatic N) is 2. The normalized spacial score (nSPS) is 11.1. The lowest BCUT2D eigenvalue weighted by Gasteiger charge is -1.88. The molecule has 1 aromatic heterocycles. The van der Waals surface area contributed by atoms with Crippen LogP contribution in [0.1, 0.15) is 37.6 Å². The standard InChI is InChI=1S/C10H14N2O3/c1-3-4-5-6-7-9-10(12(13)14)8(2)11-15-9/h6-7H,3-5H2,1-2H3/b7-6+. The van der Waals surface area contributed by atoms with Crippen molar-refractivity contribution in [2.45, 2.75) is 33.1 Å². The van der Waals surface area contributed by atoms with Crippen LogP contribution >= 0.6 is 0 Å². The van der Waals surface area contributed by atoms with Crippen molar-refractivity contribution in [2.24, 2.45) is 0 Å². The van der Waals surface area contributed by atoms with Gasteiger partial charge in [0.15, 0.2) is 5.69 Å². The number of hydrogen-bond acceptors (Lipinski definition) is 4. The minimum absolute atomic E-state index is 0.0391. The minimum Gasteiger partial charge on any atom is -0.349 e. The molecule has 1 aromatic rings. The average Bonchev–Trinajstić information content (AvgIpc) is 2.54. The molecule has 1 heterocycles. The molecule has 0 spiro atoms. The maximum atomic E-state index is 10.7. The molecule has 5 nitrogen and oxygen atoms in total. The van der Waals surface area contributed by atoms with Gasteiger partial charge in [0, 0.05) is 0 Å². The first-order chi connectivity index (χ1) is 7.16. The van der Waals surface area contributed by atoms with Crippen molar-refractivity contribution in [3.63, 3.8) is 0 Å². The first-order valence-electron chi connectivity index (χ1n) is 4.94. The Morgan fingerprint density at radius 1 is 1.60 bits per heavy atom. The van der Waals surface area contributed by atoms with Crippen molar-refractivity contribution in [1.82, 2.24) is 5.16 Å². The zero-order valence-electron chi connectivity index (χ0n) is 8.90. The van der Waals surface area contributed by atoms with Crippen LogP contribution in [0.25, 0.3) is 6.08 Å². The van der Waals surface area contributed by atoms with E-state index in [9.17, 15) is 10.1 Å². The maximum Gasteiger partial charge on any atom is 0.338 e. The Kier molecular flexibility index (Phi) is 4.03. The highest BCUT2D eigenvalue weighted by molar-refractivity contribution is 5.56. The molecule has 0 bridgehead atoms. The number of unbranched alkanes of at least 4 members (excludes halogenated alkanes) is 2. The Balaban J connectivity index is 2.77. The summed E-state index contributed by atoms with van der Waals surface area (Å²) in [5.41, 5.74) is 0.276. The van der Waals surface area contributed by atoms with Crippen LogP contribution in [-0.4, -0.2) is 10.1 Å². The predicted octanol–water partition coefficient (Wildman–Crippen LogP) is 3.09. The van der Waals surface area contributed by atoms with Crippen molar-refractivity contribution >= 4 is 11.8 Å². The summed E-state index contributed by atoms with van der Waals surface area (Å²) in [5.74, 6) is 0.230. The molecular weight excluding hydrogens is 196 g/mol. The second-order valence-electron chi connectivity index (χ2n) is 3.28. The minimum atomic E-state index is -0.467. The Labute approximate surface area is 87.9 Å². The third-order valence-corrected chi connectivity index (χ3v) is 2.03. The summed E-state index contributed by atoms with van der Waals surface area (Å²) in [6.45, 7) is 3.65. The van der Waals surface area contributed by atoms with Crippen molar-refractivity contribution in [3.05, 3.63) is 27.6 Å². The van der Waals surface area contributed by atoms with E-state index in [0.717, 1.165) is 19.3 Å². The van der Waals surface area contributed by atoms with Gasteiger partial charge in [-0.2, -0.15) is 0 Å². The van der Waals surface area contributed by atoms with Crippen LogP contribution in [0.15, 0.2) is 10.6 Å². The van der Waals surface area contributed by atoms with E-state index >= 15 is 0 Å². The van der Waals surface area contributed by atoms with E-state index in [2.05, 4.69) is 12.1 Å². The first-order valence-corrected chi connectivity index (χ1v) is 4.94. The quantitative estimate of drug-likeness (QED) is 0.425. The SMILES string of the molecule is CCCC/C=C/c1onc(C)c1[N+](=O)[O-]. The second-order valence-corrected chi connectivity index (χ2v) is 3.28. The van der Waals surface area contributed by atoms with Gasteiger partial charge in [0.25, 0.3) is 0 Å². The number of rotatable bonds is 5. The van der Waals surface area contributed by atoms with Crippen LogP contribution in [0.5, 0.6) is 0 Å². The van der Waals surface area contributed by atoms with Crippen LogP contribution in [0.4, 0.5) is 5.69 Å². The topological polar surface area (TPSA) is 69.2 Å². The van der Waals surface area contributed by atoms with Crippen LogP contribution < -0.4 is 0 Å². The predicted molar refractivity (Wildman–Crippen MR) is 56.5 cm³/mol.